The number of halogens is 1. The van der Waals surface area contributed by atoms with E-state index in [1.807, 2.05) is 41.3 Å². The van der Waals surface area contributed by atoms with Crippen molar-refractivity contribution in [3.63, 3.8) is 0 Å². The number of nitrogens with one attached hydrogen (secondary N) is 1. The molecule has 0 aliphatic carbocycles. The van der Waals surface area contributed by atoms with Crippen LogP contribution in [0.2, 0.25) is 0 Å². The van der Waals surface area contributed by atoms with E-state index in [1.165, 1.54) is 5.56 Å². The van der Waals surface area contributed by atoms with Crippen LogP contribution in [0.3, 0.4) is 0 Å². The maximum absolute atomic E-state index is 12.8. The molecule has 25 heavy (non-hydrogen) atoms. The Bertz CT molecular complexity index is 763. The Morgan fingerprint density at radius 1 is 1.28 bits per heavy atom. The zero-order valence-electron chi connectivity index (χ0n) is 14.6. The van der Waals surface area contributed by atoms with Crippen molar-refractivity contribution in [1.82, 2.24) is 4.90 Å². The van der Waals surface area contributed by atoms with Gasteiger partial charge in [0.25, 0.3) is 5.91 Å². The number of anilines is 1. The van der Waals surface area contributed by atoms with Crippen molar-refractivity contribution in [2.45, 2.75) is 25.8 Å². The van der Waals surface area contributed by atoms with Crippen molar-refractivity contribution in [3.05, 3.63) is 58.1 Å². The monoisotopic (exact) mass is 402 g/mol. The summed E-state index contributed by atoms with van der Waals surface area (Å²) >= 11 is 3.44. The Morgan fingerprint density at radius 2 is 2.12 bits per heavy atom. The summed E-state index contributed by atoms with van der Waals surface area (Å²) in [4.78, 5) is 14.7. The van der Waals surface area contributed by atoms with Crippen molar-refractivity contribution >= 4 is 27.5 Å². The average molecular weight is 403 g/mol. The third-order valence-electron chi connectivity index (χ3n) is 4.49. The Labute approximate surface area is 157 Å². The lowest BCUT2D eigenvalue weighted by atomic mass is 10.0. The summed E-state index contributed by atoms with van der Waals surface area (Å²) < 4.78 is 6.38. The standard InChI is InChI=1S/C20H23BrN2O2/c1-14-8-9-19(25-2)18(11-14)22-17-7-4-10-23(13-17)20(24)15-5-3-6-16(21)12-15/h3,5-6,8-9,11-12,17,22H,4,7,10,13H2,1-2H3. The van der Waals surface area contributed by atoms with Crippen LogP contribution < -0.4 is 10.1 Å². The van der Waals surface area contributed by atoms with Gasteiger partial charge in [0.05, 0.1) is 12.8 Å². The van der Waals surface area contributed by atoms with Gasteiger partial charge in [-0.25, -0.2) is 0 Å². The van der Waals surface area contributed by atoms with Gasteiger partial charge in [0.15, 0.2) is 0 Å². The van der Waals surface area contributed by atoms with E-state index in [0.29, 0.717) is 6.54 Å². The first-order valence-electron chi connectivity index (χ1n) is 8.53. The molecule has 1 saturated heterocycles. The van der Waals surface area contributed by atoms with E-state index in [-0.39, 0.29) is 11.9 Å². The number of piperidine rings is 1. The zero-order valence-corrected chi connectivity index (χ0v) is 16.2. The van der Waals surface area contributed by atoms with Crippen LogP contribution in [0.15, 0.2) is 46.9 Å². The van der Waals surface area contributed by atoms with Crippen molar-refractivity contribution in [2.75, 3.05) is 25.5 Å². The molecule has 0 radical (unpaired) electrons. The lowest BCUT2D eigenvalue weighted by molar-refractivity contribution is 0.0714. The van der Waals surface area contributed by atoms with Crippen LogP contribution in [0.1, 0.15) is 28.8 Å². The van der Waals surface area contributed by atoms with Crippen molar-refractivity contribution < 1.29 is 9.53 Å². The molecular weight excluding hydrogens is 380 g/mol. The maximum Gasteiger partial charge on any atom is 0.253 e. The van der Waals surface area contributed by atoms with Gasteiger partial charge in [-0.2, -0.15) is 0 Å². The molecule has 1 aliphatic heterocycles. The second-order valence-corrected chi connectivity index (χ2v) is 7.36. The Kier molecular flexibility index (Phi) is 5.63. The number of ether oxygens (including phenoxy) is 1. The molecule has 3 rings (SSSR count). The van der Waals surface area contributed by atoms with Crippen LogP contribution in [0, 0.1) is 6.92 Å². The van der Waals surface area contributed by atoms with E-state index >= 15 is 0 Å². The predicted molar refractivity (Wildman–Crippen MR) is 104 cm³/mol. The minimum atomic E-state index is 0.0870. The minimum Gasteiger partial charge on any atom is -0.495 e. The number of aryl methyl sites for hydroxylation is 1. The second kappa shape index (κ2) is 7.91. The maximum atomic E-state index is 12.8. The predicted octanol–water partition coefficient (Wildman–Crippen LogP) is 4.48. The van der Waals surface area contributed by atoms with E-state index in [0.717, 1.165) is 40.9 Å². The van der Waals surface area contributed by atoms with Crippen LogP contribution in [0.4, 0.5) is 5.69 Å². The molecule has 1 unspecified atom stereocenters. The topological polar surface area (TPSA) is 41.6 Å². The molecule has 0 aromatic heterocycles. The number of amides is 1. The van der Waals surface area contributed by atoms with Crippen molar-refractivity contribution in [3.8, 4) is 5.75 Å². The molecule has 1 fully saturated rings. The van der Waals surface area contributed by atoms with Gasteiger partial charge in [0.1, 0.15) is 5.75 Å². The van der Waals surface area contributed by atoms with E-state index < -0.39 is 0 Å². The van der Waals surface area contributed by atoms with Crippen LogP contribution >= 0.6 is 15.9 Å². The Morgan fingerprint density at radius 3 is 2.88 bits per heavy atom. The highest BCUT2D eigenvalue weighted by atomic mass is 79.9. The van der Waals surface area contributed by atoms with Gasteiger partial charge in [-0.1, -0.05) is 28.1 Å². The SMILES string of the molecule is COc1ccc(C)cc1NC1CCCN(C(=O)c2cccc(Br)c2)C1. The number of likely N-dealkylation sites (tertiary alicyclic amines) is 1. The zero-order chi connectivity index (χ0) is 17.8. The number of methoxy groups -OCH3 is 1. The molecule has 4 nitrogen and oxygen atoms in total. The molecule has 5 heteroatoms. The highest BCUT2D eigenvalue weighted by molar-refractivity contribution is 9.10. The number of nitrogens with zero attached hydrogens (tertiary/aromatic N) is 1. The smallest absolute Gasteiger partial charge is 0.253 e. The van der Waals surface area contributed by atoms with E-state index in [4.69, 9.17) is 4.74 Å². The first-order valence-corrected chi connectivity index (χ1v) is 9.32. The van der Waals surface area contributed by atoms with Gasteiger partial charge in [-0.3, -0.25) is 4.79 Å². The first kappa shape index (κ1) is 17.8. The van der Waals surface area contributed by atoms with E-state index in [2.05, 4.69) is 34.2 Å². The number of hydrogen-bond acceptors (Lipinski definition) is 3. The molecule has 2 aromatic carbocycles. The molecular formula is C20H23BrN2O2. The third kappa shape index (κ3) is 4.34. The number of carbonyl (C=O) groups is 1. The highest BCUT2D eigenvalue weighted by Crippen LogP contribution is 2.28. The number of rotatable bonds is 4. The molecule has 132 valence electrons. The van der Waals surface area contributed by atoms with Gasteiger partial charge in [-0.05, 0) is 55.7 Å². The summed E-state index contributed by atoms with van der Waals surface area (Å²) in [6.45, 7) is 3.56. The quantitative estimate of drug-likeness (QED) is 0.819. The lowest BCUT2D eigenvalue weighted by Gasteiger charge is -2.34. The van der Waals surface area contributed by atoms with Gasteiger partial charge in [0, 0.05) is 29.2 Å². The molecule has 0 saturated carbocycles. The van der Waals surface area contributed by atoms with Crippen molar-refractivity contribution in [2.24, 2.45) is 0 Å². The van der Waals surface area contributed by atoms with Crippen molar-refractivity contribution in [1.29, 1.82) is 0 Å². The molecule has 0 spiro atoms. The normalized spacial score (nSPS) is 17.2. The largest absolute Gasteiger partial charge is 0.495 e. The molecule has 1 N–H and O–H groups in total. The van der Waals surface area contributed by atoms with E-state index in [1.54, 1.807) is 7.11 Å². The van der Waals surface area contributed by atoms with Crippen LogP contribution in [-0.4, -0.2) is 37.0 Å². The first-order chi connectivity index (χ1) is 12.1. The summed E-state index contributed by atoms with van der Waals surface area (Å²) in [5, 5.41) is 3.56. The second-order valence-electron chi connectivity index (χ2n) is 6.45. The van der Waals surface area contributed by atoms with Crippen LogP contribution in [0.25, 0.3) is 0 Å². The third-order valence-corrected chi connectivity index (χ3v) is 4.99. The molecule has 1 aliphatic rings. The summed E-state index contributed by atoms with van der Waals surface area (Å²) in [5.41, 5.74) is 2.90. The number of hydrogen-bond donors (Lipinski definition) is 1. The molecule has 1 amide bonds. The van der Waals surface area contributed by atoms with Gasteiger partial charge < -0.3 is 15.0 Å². The highest BCUT2D eigenvalue weighted by Gasteiger charge is 2.25. The fourth-order valence-electron chi connectivity index (χ4n) is 3.24. The Hall–Kier alpha value is -2.01. The fraction of sp³-hybridized carbons (Fsp3) is 0.350. The fourth-order valence-corrected chi connectivity index (χ4v) is 3.64. The Balaban J connectivity index is 1.71. The van der Waals surface area contributed by atoms with Gasteiger partial charge in [-0.15, -0.1) is 0 Å². The van der Waals surface area contributed by atoms with Gasteiger partial charge in [0.2, 0.25) is 0 Å². The lowest BCUT2D eigenvalue weighted by Crippen LogP contribution is -2.45. The van der Waals surface area contributed by atoms with E-state index in [9.17, 15) is 4.79 Å². The molecule has 1 atom stereocenters. The minimum absolute atomic E-state index is 0.0870. The van der Waals surface area contributed by atoms with Gasteiger partial charge >= 0.3 is 0 Å². The van der Waals surface area contributed by atoms with Crippen LogP contribution in [-0.2, 0) is 0 Å². The summed E-state index contributed by atoms with van der Waals surface area (Å²) in [7, 11) is 1.68. The van der Waals surface area contributed by atoms with Crippen LogP contribution in [0.5, 0.6) is 5.75 Å². The number of carbonyl (C=O) groups excluding carboxylic acids is 1. The summed E-state index contributed by atoms with van der Waals surface area (Å²) in [5.74, 6) is 0.921. The number of benzene rings is 2. The molecule has 1 heterocycles. The summed E-state index contributed by atoms with van der Waals surface area (Å²) in [6.07, 6.45) is 2.03. The average Bonchev–Trinajstić information content (AvgIpc) is 2.61. The summed E-state index contributed by atoms with van der Waals surface area (Å²) in [6, 6.07) is 13.9. The molecule has 0 bridgehead atoms. The molecule has 2 aromatic rings.